The first-order valence-electron chi connectivity index (χ1n) is 8.14. The number of rotatable bonds is 4. The highest BCUT2D eigenvalue weighted by Gasteiger charge is 2.21. The molecule has 0 N–H and O–H groups in total. The Balaban J connectivity index is 1.56. The molecule has 0 amide bonds. The Labute approximate surface area is 133 Å². The average molecular weight is 292 g/mol. The van der Waals surface area contributed by atoms with Crippen molar-refractivity contribution in [2.75, 3.05) is 13.1 Å². The molecule has 1 unspecified atom stereocenters. The van der Waals surface area contributed by atoms with E-state index >= 15 is 0 Å². The van der Waals surface area contributed by atoms with Gasteiger partial charge in [-0.3, -0.25) is 9.89 Å². The summed E-state index contributed by atoms with van der Waals surface area (Å²) in [4.78, 5) is 7.41. The lowest BCUT2D eigenvalue weighted by Crippen LogP contribution is -2.39. The molecule has 2 heteroatoms. The summed E-state index contributed by atoms with van der Waals surface area (Å²) in [6, 6.07) is 21.3. The van der Waals surface area contributed by atoms with Gasteiger partial charge in [0.25, 0.3) is 0 Å². The normalized spacial score (nSPS) is 21.1. The summed E-state index contributed by atoms with van der Waals surface area (Å²) in [6.07, 6.45) is 1.10. The lowest BCUT2D eigenvalue weighted by Gasteiger charge is -2.32. The monoisotopic (exact) mass is 292 g/mol. The first-order chi connectivity index (χ1) is 10.8. The molecule has 114 valence electrons. The number of piperidine rings is 1. The molecule has 0 bridgehead atoms. The number of aliphatic imine (C=N–C) groups is 1. The van der Waals surface area contributed by atoms with Crippen molar-refractivity contribution in [1.82, 2.24) is 4.90 Å². The summed E-state index contributed by atoms with van der Waals surface area (Å²) in [7, 11) is 0. The zero-order chi connectivity index (χ0) is 15.2. The van der Waals surface area contributed by atoms with Crippen molar-refractivity contribution >= 4 is 5.71 Å². The molecular formula is C20H24N2. The van der Waals surface area contributed by atoms with Crippen LogP contribution in [0.25, 0.3) is 0 Å². The maximum atomic E-state index is 4.87. The summed E-state index contributed by atoms with van der Waals surface area (Å²) < 4.78 is 0. The fourth-order valence-electron chi connectivity index (χ4n) is 3.10. The fraction of sp³-hybridized carbons (Fsp3) is 0.350. The van der Waals surface area contributed by atoms with Crippen LogP contribution in [0.2, 0.25) is 0 Å². The molecule has 1 aliphatic heterocycles. The van der Waals surface area contributed by atoms with E-state index in [1.54, 1.807) is 0 Å². The van der Waals surface area contributed by atoms with Gasteiger partial charge < -0.3 is 0 Å². The molecule has 22 heavy (non-hydrogen) atoms. The second kappa shape index (κ2) is 7.37. The van der Waals surface area contributed by atoms with Crippen LogP contribution in [0.3, 0.4) is 0 Å². The van der Waals surface area contributed by atoms with Gasteiger partial charge >= 0.3 is 0 Å². The van der Waals surface area contributed by atoms with Gasteiger partial charge in [0, 0.05) is 31.3 Å². The highest BCUT2D eigenvalue weighted by atomic mass is 15.1. The second-order valence-corrected chi connectivity index (χ2v) is 6.16. The van der Waals surface area contributed by atoms with Gasteiger partial charge in [-0.05, 0) is 17.5 Å². The van der Waals surface area contributed by atoms with Crippen molar-refractivity contribution < 1.29 is 0 Å². The van der Waals surface area contributed by atoms with Crippen LogP contribution in [0.4, 0.5) is 0 Å². The van der Waals surface area contributed by atoms with Crippen LogP contribution in [0.1, 0.15) is 24.5 Å². The topological polar surface area (TPSA) is 15.6 Å². The summed E-state index contributed by atoms with van der Waals surface area (Å²) in [5.74, 6) is 0.557. The van der Waals surface area contributed by atoms with Gasteiger partial charge in [-0.1, -0.05) is 67.6 Å². The van der Waals surface area contributed by atoms with Gasteiger partial charge in [0.1, 0.15) is 0 Å². The molecule has 1 atom stereocenters. The van der Waals surface area contributed by atoms with Crippen LogP contribution in [0.15, 0.2) is 65.7 Å². The lowest BCUT2D eigenvalue weighted by atomic mass is 9.96. The molecule has 0 saturated carbocycles. The molecule has 0 aromatic heterocycles. The third-order valence-corrected chi connectivity index (χ3v) is 4.34. The highest BCUT2D eigenvalue weighted by molar-refractivity contribution is 5.87. The van der Waals surface area contributed by atoms with Gasteiger partial charge in [0.2, 0.25) is 0 Å². The Morgan fingerprint density at radius 2 is 1.59 bits per heavy atom. The van der Waals surface area contributed by atoms with E-state index in [1.165, 1.54) is 16.8 Å². The Hall–Kier alpha value is -1.93. The van der Waals surface area contributed by atoms with Crippen LogP contribution in [-0.4, -0.2) is 23.7 Å². The van der Waals surface area contributed by atoms with Crippen LogP contribution >= 0.6 is 0 Å². The molecule has 1 saturated heterocycles. The fourth-order valence-corrected chi connectivity index (χ4v) is 3.10. The lowest BCUT2D eigenvalue weighted by molar-refractivity contribution is 0.237. The van der Waals surface area contributed by atoms with E-state index in [1.807, 2.05) is 0 Å². The molecule has 0 spiro atoms. The number of benzene rings is 2. The van der Waals surface area contributed by atoms with Gasteiger partial charge in [-0.25, -0.2) is 0 Å². The quantitative estimate of drug-likeness (QED) is 0.826. The van der Waals surface area contributed by atoms with Crippen LogP contribution in [0, 0.1) is 5.92 Å². The summed E-state index contributed by atoms with van der Waals surface area (Å²) in [6.45, 7) is 6.41. The van der Waals surface area contributed by atoms with Gasteiger partial charge in [-0.2, -0.15) is 0 Å². The number of hydrogen-bond donors (Lipinski definition) is 0. The molecule has 1 aliphatic rings. The van der Waals surface area contributed by atoms with Crippen molar-refractivity contribution in [2.45, 2.75) is 26.4 Å². The first kappa shape index (κ1) is 15.0. The van der Waals surface area contributed by atoms with E-state index in [4.69, 9.17) is 4.99 Å². The van der Waals surface area contributed by atoms with Crippen molar-refractivity contribution in [1.29, 1.82) is 0 Å². The molecule has 1 fully saturated rings. The maximum absolute atomic E-state index is 4.87. The molecule has 0 aliphatic carbocycles. The summed E-state index contributed by atoms with van der Waals surface area (Å²) in [5.41, 5.74) is 4.08. The van der Waals surface area contributed by atoms with E-state index in [-0.39, 0.29) is 0 Å². The Morgan fingerprint density at radius 3 is 2.23 bits per heavy atom. The molecule has 2 nitrogen and oxygen atoms in total. The van der Waals surface area contributed by atoms with Gasteiger partial charge in [-0.15, -0.1) is 0 Å². The summed E-state index contributed by atoms with van der Waals surface area (Å²) >= 11 is 0. The Morgan fingerprint density at radius 1 is 0.955 bits per heavy atom. The predicted octanol–water partition coefficient (Wildman–Crippen LogP) is 4.17. The highest BCUT2D eigenvalue weighted by Crippen LogP contribution is 2.17. The number of nitrogens with zero attached hydrogens (tertiary/aromatic N) is 2. The second-order valence-electron chi connectivity index (χ2n) is 6.16. The van der Waals surface area contributed by atoms with Crippen LogP contribution < -0.4 is 0 Å². The molecule has 2 aromatic rings. The molecule has 0 radical (unpaired) electrons. The zero-order valence-electron chi connectivity index (χ0n) is 13.3. The van der Waals surface area contributed by atoms with Gasteiger partial charge in [0.15, 0.2) is 0 Å². The number of hydrogen-bond acceptors (Lipinski definition) is 2. The van der Waals surface area contributed by atoms with Gasteiger partial charge in [0.05, 0.1) is 6.54 Å². The van der Waals surface area contributed by atoms with Crippen molar-refractivity contribution in [3.63, 3.8) is 0 Å². The van der Waals surface area contributed by atoms with Crippen molar-refractivity contribution in [3.05, 3.63) is 71.8 Å². The largest absolute Gasteiger partial charge is 0.298 e. The Kier molecular flexibility index (Phi) is 5.02. The summed E-state index contributed by atoms with van der Waals surface area (Å²) in [5, 5.41) is 0. The van der Waals surface area contributed by atoms with Crippen LogP contribution in [-0.2, 0) is 13.1 Å². The smallest absolute Gasteiger partial charge is 0.0639 e. The number of likely N-dealkylation sites (tertiary alicyclic amines) is 1. The standard InChI is InChI=1S/C20H24N2/c1-17-15-22(16-19-10-6-3-7-11-19)13-12-20(17)21-14-18-8-4-2-5-9-18/h2-11,17H,12-16H2,1H3/b21-20+. The SMILES string of the molecule is CC1CN(Cc2ccccc2)CC/C1=N\Cc1ccccc1. The average Bonchev–Trinajstić information content (AvgIpc) is 2.56. The molecule has 3 rings (SSSR count). The van der Waals surface area contributed by atoms with E-state index in [0.717, 1.165) is 32.6 Å². The zero-order valence-corrected chi connectivity index (χ0v) is 13.3. The molecule has 2 aromatic carbocycles. The predicted molar refractivity (Wildman–Crippen MR) is 93.1 cm³/mol. The van der Waals surface area contributed by atoms with Crippen molar-refractivity contribution in [3.8, 4) is 0 Å². The van der Waals surface area contributed by atoms with E-state index in [2.05, 4.69) is 72.5 Å². The maximum Gasteiger partial charge on any atom is 0.0639 e. The molecule has 1 heterocycles. The van der Waals surface area contributed by atoms with E-state index in [0.29, 0.717) is 5.92 Å². The van der Waals surface area contributed by atoms with Crippen molar-refractivity contribution in [2.24, 2.45) is 10.9 Å². The Bertz CT molecular complexity index is 604. The molecular weight excluding hydrogens is 268 g/mol. The van der Waals surface area contributed by atoms with E-state index < -0.39 is 0 Å². The van der Waals surface area contributed by atoms with Crippen LogP contribution in [0.5, 0.6) is 0 Å². The third-order valence-electron chi connectivity index (χ3n) is 4.34. The minimum Gasteiger partial charge on any atom is -0.298 e. The minimum absolute atomic E-state index is 0.557. The first-order valence-corrected chi connectivity index (χ1v) is 8.14. The van der Waals surface area contributed by atoms with E-state index in [9.17, 15) is 0 Å². The third kappa shape index (κ3) is 4.05. The minimum atomic E-state index is 0.557.